The summed E-state index contributed by atoms with van der Waals surface area (Å²) in [4.78, 5) is 47.2. The van der Waals surface area contributed by atoms with Crippen LogP contribution < -0.4 is 21.3 Å². The van der Waals surface area contributed by atoms with Crippen LogP contribution in [0.5, 0.6) is 0 Å². The molecule has 0 heterocycles. The number of carboxylic acid groups (broad SMARTS) is 1. The van der Waals surface area contributed by atoms with E-state index in [1.807, 2.05) is 49.4 Å². The van der Waals surface area contributed by atoms with Gasteiger partial charge in [0, 0.05) is 19.5 Å². The molecule has 1 unspecified atom stereocenters. The monoisotopic (exact) mass is 482 g/mol. The molecule has 0 bridgehead atoms. The highest BCUT2D eigenvalue weighted by Gasteiger charge is 2.18. The van der Waals surface area contributed by atoms with Crippen molar-refractivity contribution in [2.24, 2.45) is 0 Å². The van der Waals surface area contributed by atoms with Crippen LogP contribution in [0.1, 0.15) is 50.6 Å². The zero-order chi connectivity index (χ0) is 25.5. The molecular weight excluding hydrogens is 448 g/mol. The third kappa shape index (κ3) is 10.7. The van der Waals surface area contributed by atoms with Gasteiger partial charge in [-0.3, -0.25) is 14.4 Å². The SMILES string of the molecule is CCCCNC(=O)NCCCC(=O)NCC(=O)NC(CC(=O)O)c1ccc(-c2ccccc2)cc1. The molecule has 0 radical (unpaired) electrons. The number of nitrogens with one attached hydrogen (secondary N) is 4. The molecule has 0 aromatic heterocycles. The van der Waals surface area contributed by atoms with E-state index in [-0.39, 0.29) is 31.3 Å². The highest BCUT2D eigenvalue weighted by Crippen LogP contribution is 2.23. The lowest BCUT2D eigenvalue weighted by Crippen LogP contribution is -2.39. The average Bonchev–Trinajstić information content (AvgIpc) is 2.85. The summed E-state index contributed by atoms with van der Waals surface area (Å²) in [6.07, 6.45) is 2.21. The molecule has 0 spiro atoms. The molecule has 2 rings (SSSR count). The number of carbonyl (C=O) groups is 4. The minimum Gasteiger partial charge on any atom is -0.481 e. The van der Waals surface area contributed by atoms with Gasteiger partial charge in [-0.25, -0.2) is 4.79 Å². The van der Waals surface area contributed by atoms with Crippen molar-refractivity contribution in [3.63, 3.8) is 0 Å². The van der Waals surface area contributed by atoms with Crippen LogP contribution in [0.2, 0.25) is 0 Å². The Kier molecular flexibility index (Phi) is 11.8. The summed E-state index contributed by atoms with van der Waals surface area (Å²) in [6, 6.07) is 16.1. The van der Waals surface area contributed by atoms with Gasteiger partial charge in [-0.05, 0) is 29.5 Å². The summed E-state index contributed by atoms with van der Waals surface area (Å²) in [5.74, 6) is -1.85. The van der Waals surface area contributed by atoms with Gasteiger partial charge in [0.1, 0.15) is 0 Å². The maximum atomic E-state index is 12.4. The molecule has 1 atom stereocenters. The number of rotatable bonds is 14. The molecule has 188 valence electrons. The van der Waals surface area contributed by atoms with E-state index in [0.717, 1.165) is 24.0 Å². The predicted octanol–water partition coefficient (Wildman–Crippen LogP) is 2.98. The molecular formula is C26H34N4O5. The minimum atomic E-state index is -1.04. The molecule has 9 heteroatoms. The smallest absolute Gasteiger partial charge is 0.314 e. The first-order valence-corrected chi connectivity index (χ1v) is 11.8. The Bertz CT molecular complexity index is 963. The molecule has 2 aromatic rings. The molecule has 0 saturated heterocycles. The molecule has 9 nitrogen and oxygen atoms in total. The maximum absolute atomic E-state index is 12.4. The number of carbonyl (C=O) groups excluding carboxylic acids is 3. The summed E-state index contributed by atoms with van der Waals surface area (Å²) in [5, 5.41) is 19.9. The summed E-state index contributed by atoms with van der Waals surface area (Å²) in [7, 11) is 0. The second-order valence-electron chi connectivity index (χ2n) is 8.12. The van der Waals surface area contributed by atoms with Crippen LogP contribution in [0.3, 0.4) is 0 Å². The van der Waals surface area contributed by atoms with Gasteiger partial charge < -0.3 is 26.4 Å². The van der Waals surface area contributed by atoms with Crippen molar-refractivity contribution in [3.05, 3.63) is 60.2 Å². The molecule has 35 heavy (non-hydrogen) atoms. The predicted molar refractivity (Wildman–Crippen MR) is 134 cm³/mol. The molecule has 4 amide bonds. The van der Waals surface area contributed by atoms with E-state index in [2.05, 4.69) is 21.3 Å². The minimum absolute atomic E-state index is 0.155. The summed E-state index contributed by atoms with van der Waals surface area (Å²) in [5.41, 5.74) is 2.68. The highest BCUT2D eigenvalue weighted by molar-refractivity contribution is 5.85. The largest absolute Gasteiger partial charge is 0.481 e. The van der Waals surface area contributed by atoms with Crippen LogP contribution in [-0.2, 0) is 14.4 Å². The normalized spacial score (nSPS) is 11.2. The fraction of sp³-hybridized carbons (Fsp3) is 0.385. The molecule has 0 saturated carbocycles. The number of amides is 4. The standard InChI is InChI=1S/C26H34N4O5/c1-2-3-15-27-26(35)28-16-7-10-23(31)29-18-24(32)30-22(17-25(33)34)21-13-11-20(12-14-21)19-8-5-4-6-9-19/h4-6,8-9,11-14,22H,2-3,7,10,15-18H2,1H3,(H,29,31)(H,30,32)(H,33,34)(H2,27,28,35). The summed E-state index contributed by atoms with van der Waals surface area (Å²) >= 11 is 0. The highest BCUT2D eigenvalue weighted by atomic mass is 16.4. The molecule has 0 aliphatic heterocycles. The Hall–Kier alpha value is -3.88. The Morgan fingerprint density at radius 1 is 0.800 bits per heavy atom. The number of carboxylic acids is 1. The first kappa shape index (κ1) is 27.4. The van der Waals surface area contributed by atoms with Crippen molar-refractivity contribution >= 4 is 23.8 Å². The number of aliphatic carboxylic acids is 1. The third-order valence-electron chi connectivity index (χ3n) is 5.26. The van der Waals surface area contributed by atoms with Crippen molar-refractivity contribution in [2.75, 3.05) is 19.6 Å². The molecule has 0 aliphatic rings. The third-order valence-corrected chi connectivity index (χ3v) is 5.26. The second-order valence-corrected chi connectivity index (χ2v) is 8.12. The lowest BCUT2D eigenvalue weighted by Gasteiger charge is -2.18. The first-order chi connectivity index (χ1) is 16.9. The van der Waals surface area contributed by atoms with Gasteiger partial charge in [-0.15, -0.1) is 0 Å². The van der Waals surface area contributed by atoms with Crippen molar-refractivity contribution in [1.82, 2.24) is 21.3 Å². The van der Waals surface area contributed by atoms with E-state index in [9.17, 15) is 24.3 Å². The fourth-order valence-corrected chi connectivity index (χ4v) is 3.37. The van der Waals surface area contributed by atoms with Crippen molar-refractivity contribution in [1.29, 1.82) is 0 Å². The second kappa shape index (κ2) is 15.1. The molecule has 5 N–H and O–H groups in total. The number of unbranched alkanes of at least 4 members (excludes halogenated alkanes) is 1. The fourth-order valence-electron chi connectivity index (χ4n) is 3.37. The molecule has 0 fully saturated rings. The topological polar surface area (TPSA) is 137 Å². The lowest BCUT2D eigenvalue weighted by atomic mass is 9.99. The average molecular weight is 483 g/mol. The van der Waals surface area contributed by atoms with Crippen LogP contribution in [0, 0.1) is 0 Å². The van der Waals surface area contributed by atoms with E-state index < -0.39 is 17.9 Å². The summed E-state index contributed by atoms with van der Waals surface area (Å²) in [6.45, 7) is 2.73. The Labute approximate surface area is 205 Å². The molecule has 2 aromatic carbocycles. The van der Waals surface area contributed by atoms with Gasteiger partial charge in [0.15, 0.2) is 0 Å². The van der Waals surface area contributed by atoms with Gasteiger partial charge >= 0.3 is 12.0 Å². The van der Waals surface area contributed by atoms with Crippen LogP contribution in [0.4, 0.5) is 4.79 Å². The lowest BCUT2D eigenvalue weighted by molar-refractivity contribution is -0.138. The van der Waals surface area contributed by atoms with E-state index in [0.29, 0.717) is 25.1 Å². The van der Waals surface area contributed by atoms with Crippen LogP contribution in [-0.4, -0.2) is 48.6 Å². The van der Waals surface area contributed by atoms with Gasteiger partial charge in [0.2, 0.25) is 11.8 Å². The van der Waals surface area contributed by atoms with Gasteiger partial charge in [0.25, 0.3) is 0 Å². The number of hydrogen-bond acceptors (Lipinski definition) is 4. The summed E-state index contributed by atoms with van der Waals surface area (Å²) < 4.78 is 0. The first-order valence-electron chi connectivity index (χ1n) is 11.8. The Morgan fingerprint density at radius 2 is 1.43 bits per heavy atom. The number of benzene rings is 2. The Morgan fingerprint density at radius 3 is 2.06 bits per heavy atom. The van der Waals surface area contributed by atoms with Crippen molar-refractivity contribution in [3.8, 4) is 11.1 Å². The van der Waals surface area contributed by atoms with E-state index in [4.69, 9.17) is 0 Å². The maximum Gasteiger partial charge on any atom is 0.314 e. The van der Waals surface area contributed by atoms with E-state index in [1.165, 1.54) is 0 Å². The van der Waals surface area contributed by atoms with Crippen molar-refractivity contribution in [2.45, 2.75) is 45.1 Å². The quantitative estimate of drug-likeness (QED) is 0.264. The van der Waals surface area contributed by atoms with E-state index >= 15 is 0 Å². The van der Waals surface area contributed by atoms with Gasteiger partial charge in [0.05, 0.1) is 19.0 Å². The van der Waals surface area contributed by atoms with Gasteiger partial charge in [-0.1, -0.05) is 67.9 Å². The van der Waals surface area contributed by atoms with E-state index in [1.54, 1.807) is 12.1 Å². The van der Waals surface area contributed by atoms with Crippen molar-refractivity contribution < 1.29 is 24.3 Å². The number of hydrogen-bond donors (Lipinski definition) is 5. The van der Waals surface area contributed by atoms with Crippen LogP contribution in [0.25, 0.3) is 11.1 Å². The zero-order valence-electron chi connectivity index (χ0n) is 20.0. The Balaban J connectivity index is 1.78. The van der Waals surface area contributed by atoms with Crippen LogP contribution in [0.15, 0.2) is 54.6 Å². The van der Waals surface area contributed by atoms with Gasteiger partial charge in [-0.2, -0.15) is 0 Å². The number of urea groups is 1. The van der Waals surface area contributed by atoms with Crippen LogP contribution >= 0.6 is 0 Å². The zero-order valence-corrected chi connectivity index (χ0v) is 20.0. The molecule has 0 aliphatic carbocycles.